The maximum Gasteiger partial charge on any atom is 0.414 e. The van der Waals surface area contributed by atoms with Crippen LogP contribution in [0.5, 0.6) is 0 Å². The van der Waals surface area contributed by atoms with Crippen molar-refractivity contribution in [2.24, 2.45) is 0 Å². The second-order valence-electron chi connectivity index (χ2n) is 4.62. The van der Waals surface area contributed by atoms with E-state index in [2.05, 4.69) is 17.9 Å². The highest BCUT2D eigenvalue weighted by Gasteiger charge is 2.24. The highest BCUT2D eigenvalue weighted by Crippen LogP contribution is 2.20. The van der Waals surface area contributed by atoms with Crippen molar-refractivity contribution in [3.63, 3.8) is 0 Å². The Bertz CT molecular complexity index is 335. The number of rotatable bonds is 5. The van der Waals surface area contributed by atoms with E-state index in [-0.39, 0.29) is 12.1 Å². The van der Waals surface area contributed by atoms with Crippen molar-refractivity contribution in [1.82, 2.24) is 9.80 Å². The van der Waals surface area contributed by atoms with E-state index in [1.807, 2.05) is 33.3 Å². The summed E-state index contributed by atoms with van der Waals surface area (Å²) in [5, 5.41) is 0. The minimum absolute atomic E-state index is 0.103. The van der Waals surface area contributed by atoms with Crippen molar-refractivity contribution < 1.29 is 9.53 Å². The monoisotopic (exact) mass is 252 g/mol. The van der Waals surface area contributed by atoms with Gasteiger partial charge in [-0.2, -0.15) is 0 Å². The van der Waals surface area contributed by atoms with Gasteiger partial charge in [0.2, 0.25) is 0 Å². The third kappa shape index (κ3) is 3.79. The molecule has 102 valence electrons. The first-order chi connectivity index (χ1) is 8.60. The van der Waals surface area contributed by atoms with E-state index >= 15 is 0 Å². The second-order valence-corrected chi connectivity index (χ2v) is 4.62. The normalized spacial score (nSPS) is 18.6. The minimum atomic E-state index is -0.260. The predicted octanol–water partition coefficient (Wildman–Crippen LogP) is 2.98. The molecule has 0 aliphatic carbocycles. The van der Waals surface area contributed by atoms with Crippen molar-refractivity contribution in [2.45, 2.75) is 39.2 Å². The molecule has 0 fully saturated rings. The van der Waals surface area contributed by atoms with E-state index < -0.39 is 0 Å². The van der Waals surface area contributed by atoms with Gasteiger partial charge in [0.05, 0.1) is 12.6 Å². The van der Waals surface area contributed by atoms with Gasteiger partial charge in [0.15, 0.2) is 0 Å². The first-order valence-electron chi connectivity index (χ1n) is 6.62. The van der Waals surface area contributed by atoms with Crippen LogP contribution >= 0.6 is 0 Å². The lowest BCUT2D eigenvalue weighted by molar-refractivity contribution is 0.113. The molecule has 0 aromatic carbocycles. The summed E-state index contributed by atoms with van der Waals surface area (Å²) < 4.78 is 5.08. The predicted molar refractivity (Wildman–Crippen MR) is 73.1 cm³/mol. The number of amides is 1. The largest absolute Gasteiger partial charge is 0.449 e. The number of unbranched alkanes of at least 4 members (excludes halogenated alkanes) is 1. The van der Waals surface area contributed by atoms with E-state index in [0.29, 0.717) is 6.61 Å². The Kier molecular flexibility index (Phi) is 5.75. The van der Waals surface area contributed by atoms with Gasteiger partial charge in [-0.25, -0.2) is 4.79 Å². The molecule has 1 atom stereocenters. The van der Waals surface area contributed by atoms with Gasteiger partial charge in [0.25, 0.3) is 0 Å². The first-order valence-corrected chi connectivity index (χ1v) is 6.62. The zero-order chi connectivity index (χ0) is 13.5. The summed E-state index contributed by atoms with van der Waals surface area (Å²) in [6.07, 6.45) is 8.84. The number of hydrogen-bond donors (Lipinski definition) is 0. The van der Waals surface area contributed by atoms with E-state index in [4.69, 9.17) is 4.74 Å². The Morgan fingerprint density at radius 2 is 2.17 bits per heavy atom. The molecule has 1 aliphatic rings. The Labute approximate surface area is 110 Å². The number of allylic oxidation sites excluding steroid dienone is 1. The van der Waals surface area contributed by atoms with Gasteiger partial charge in [0, 0.05) is 26.0 Å². The molecule has 0 spiro atoms. The molecule has 1 unspecified atom stereocenters. The summed E-state index contributed by atoms with van der Waals surface area (Å²) >= 11 is 0. The average molecular weight is 252 g/mol. The summed E-state index contributed by atoms with van der Waals surface area (Å²) in [6.45, 7) is 4.39. The number of likely N-dealkylation sites (N-methyl/N-ethyl adjacent to an activating group) is 1. The molecule has 1 heterocycles. The third-order valence-electron chi connectivity index (χ3n) is 2.97. The van der Waals surface area contributed by atoms with Crippen LogP contribution in [-0.2, 0) is 4.74 Å². The quantitative estimate of drug-likeness (QED) is 0.754. The van der Waals surface area contributed by atoms with E-state index in [9.17, 15) is 4.79 Å². The van der Waals surface area contributed by atoms with Crippen molar-refractivity contribution in [3.8, 4) is 0 Å². The Morgan fingerprint density at radius 3 is 2.72 bits per heavy atom. The fraction of sp³-hybridized carbons (Fsp3) is 0.643. The van der Waals surface area contributed by atoms with Gasteiger partial charge in [-0.1, -0.05) is 19.8 Å². The van der Waals surface area contributed by atoms with Crippen LogP contribution in [0.25, 0.3) is 0 Å². The van der Waals surface area contributed by atoms with Crippen molar-refractivity contribution in [3.05, 3.63) is 24.0 Å². The molecule has 0 N–H and O–H groups in total. The number of carbonyl (C=O) groups is 1. The molecule has 4 nitrogen and oxygen atoms in total. The Morgan fingerprint density at radius 1 is 1.44 bits per heavy atom. The number of ether oxygens (including phenoxy) is 1. The van der Waals surface area contributed by atoms with Gasteiger partial charge in [-0.05, 0) is 25.5 Å². The molecule has 1 amide bonds. The zero-order valence-electron chi connectivity index (χ0n) is 11.8. The molecule has 4 heteroatoms. The summed E-state index contributed by atoms with van der Waals surface area (Å²) in [4.78, 5) is 15.6. The van der Waals surface area contributed by atoms with E-state index in [1.165, 1.54) is 0 Å². The Hall–Kier alpha value is -1.45. The lowest BCUT2D eigenvalue weighted by Gasteiger charge is -2.31. The molecular weight excluding hydrogens is 228 g/mol. The highest BCUT2D eigenvalue weighted by molar-refractivity contribution is 5.70. The van der Waals surface area contributed by atoms with Crippen LogP contribution in [0.4, 0.5) is 4.79 Å². The molecule has 1 aliphatic heterocycles. The van der Waals surface area contributed by atoms with E-state index in [1.54, 1.807) is 4.90 Å². The molecule has 18 heavy (non-hydrogen) atoms. The maximum atomic E-state index is 11.9. The highest BCUT2D eigenvalue weighted by atomic mass is 16.6. The summed E-state index contributed by atoms with van der Waals surface area (Å²) in [5.41, 5.74) is 1.14. The number of carbonyl (C=O) groups excluding carboxylic acids is 1. The van der Waals surface area contributed by atoms with Crippen LogP contribution < -0.4 is 0 Å². The molecule has 1 rings (SSSR count). The SMILES string of the molecule is CCCCC1C=C(N(C)C)C=CN1C(=O)OCC. The van der Waals surface area contributed by atoms with Crippen LogP contribution in [0.3, 0.4) is 0 Å². The molecule has 0 saturated heterocycles. The van der Waals surface area contributed by atoms with Crippen LogP contribution in [0.15, 0.2) is 24.0 Å². The molecule has 0 aromatic heterocycles. The fourth-order valence-electron chi connectivity index (χ4n) is 1.93. The van der Waals surface area contributed by atoms with Crippen molar-refractivity contribution in [1.29, 1.82) is 0 Å². The number of hydrogen-bond acceptors (Lipinski definition) is 3. The van der Waals surface area contributed by atoms with Crippen molar-refractivity contribution in [2.75, 3.05) is 20.7 Å². The first kappa shape index (κ1) is 14.6. The van der Waals surface area contributed by atoms with Crippen LogP contribution in [0.1, 0.15) is 33.1 Å². The summed E-state index contributed by atoms with van der Waals surface area (Å²) in [5.74, 6) is 0. The fourth-order valence-corrected chi connectivity index (χ4v) is 1.93. The molecule has 0 radical (unpaired) electrons. The van der Waals surface area contributed by atoms with Crippen LogP contribution in [0, 0.1) is 0 Å². The summed E-state index contributed by atoms with van der Waals surface area (Å²) in [6, 6.07) is 0.103. The van der Waals surface area contributed by atoms with Gasteiger partial charge in [0.1, 0.15) is 0 Å². The lowest BCUT2D eigenvalue weighted by atomic mass is 10.0. The summed E-state index contributed by atoms with van der Waals surface area (Å²) in [7, 11) is 4.01. The molecular formula is C14H24N2O2. The number of nitrogens with zero attached hydrogens (tertiary/aromatic N) is 2. The van der Waals surface area contributed by atoms with Gasteiger partial charge < -0.3 is 9.64 Å². The smallest absolute Gasteiger partial charge is 0.414 e. The van der Waals surface area contributed by atoms with Crippen LogP contribution in [-0.4, -0.2) is 42.6 Å². The molecule has 0 bridgehead atoms. The average Bonchev–Trinajstić information content (AvgIpc) is 2.36. The second kappa shape index (κ2) is 7.09. The Balaban J connectivity index is 2.78. The van der Waals surface area contributed by atoms with Gasteiger partial charge >= 0.3 is 6.09 Å². The van der Waals surface area contributed by atoms with Gasteiger partial charge in [-0.15, -0.1) is 0 Å². The minimum Gasteiger partial charge on any atom is -0.449 e. The maximum absolute atomic E-state index is 11.9. The van der Waals surface area contributed by atoms with E-state index in [0.717, 1.165) is 25.0 Å². The standard InChI is InChI=1S/C14H24N2O2/c1-5-7-8-13-11-12(15(3)4)9-10-16(13)14(17)18-6-2/h9-11,13H,5-8H2,1-4H3. The topological polar surface area (TPSA) is 32.8 Å². The van der Waals surface area contributed by atoms with Gasteiger partial charge in [-0.3, -0.25) is 4.90 Å². The molecule has 0 saturated carbocycles. The molecule has 0 aromatic rings. The van der Waals surface area contributed by atoms with Crippen molar-refractivity contribution >= 4 is 6.09 Å². The lowest BCUT2D eigenvalue weighted by Crippen LogP contribution is -2.38. The van der Waals surface area contributed by atoms with Crippen LogP contribution in [0.2, 0.25) is 0 Å². The zero-order valence-corrected chi connectivity index (χ0v) is 11.8. The third-order valence-corrected chi connectivity index (χ3v) is 2.97.